The van der Waals surface area contributed by atoms with Gasteiger partial charge in [-0.25, -0.2) is 4.68 Å². The Morgan fingerprint density at radius 3 is 2.36 bits per heavy atom. The zero-order valence-corrected chi connectivity index (χ0v) is 15.7. The molecule has 0 saturated carbocycles. The summed E-state index contributed by atoms with van der Waals surface area (Å²) in [7, 11) is 6.06. The lowest BCUT2D eigenvalue weighted by molar-refractivity contribution is -0.738. The lowest BCUT2D eigenvalue weighted by Crippen LogP contribution is -3.00. The number of piperidine rings is 1. The number of hydrogen-bond acceptors (Lipinski definition) is 2. The molecule has 1 aromatic heterocycles. The van der Waals surface area contributed by atoms with Gasteiger partial charge in [0.25, 0.3) is 5.82 Å². The number of ether oxygens (including phenoxy) is 1. The lowest BCUT2D eigenvalue weighted by atomic mass is 10.1. The molecule has 1 aliphatic heterocycles. The van der Waals surface area contributed by atoms with Crippen LogP contribution >= 0.6 is 0 Å². The fraction of sp³-hybridized carbons (Fsp3) is 0.471. The van der Waals surface area contributed by atoms with Crippen LogP contribution in [0, 0.1) is 0 Å². The quantitative estimate of drug-likeness (QED) is 0.483. The van der Waals surface area contributed by atoms with E-state index >= 15 is 0 Å². The summed E-state index contributed by atoms with van der Waals surface area (Å²) in [5, 5.41) is 0. The van der Waals surface area contributed by atoms with Crippen molar-refractivity contribution in [3.8, 4) is 11.3 Å². The molecule has 1 saturated heterocycles. The van der Waals surface area contributed by atoms with Crippen LogP contribution in [0.1, 0.15) is 12.8 Å². The van der Waals surface area contributed by atoms with Gasteiger partial charge in [-0.15, -0.1) is 0 Å². The fourth-order valence-corrected chi connectivity index (χ4v) is 3.12. The van der Waals surface area contributed by atoms with E-state index in [1.54, 1.807) is 0 Å². The number of nitrogens with zero attached hydrogens (tertiary/aromatic N) is 3. The average molecular weight is 413 g/mol. The van der Waals surface area contributed by atoms with E-state index in [0.717, 1.165) is 25.9 Å². The van der Waals surface area contributed by atoms with Crippen molar-refractivity contribution >= 4 is 5.82 Å². The lowest BCUT2D eigenvalue weighted by Gasteiger charge is -2.26. The maximum absolute atomic E-state index is 5.47. The minimum Gasteiger partial charge on any atom is -1.00 e. The molecule has 2 heterocycles. The second-order valence-corrected chi connectivity index (χ2v) is 5.72. The summed E-state index contributed by atoms with van der Waals surface area (Å²) in [6, 6.07) is 12.9. The van der Waals surface area contributed by atoms with Crippen LogP contribution in [0.4, 0.5) is 5.82 Å². The SMILES string of the molecule is COC1CCN(c2cc(-c3ccccc3)n(C)[n+]2C)CC1.[I-]. The van der Waals surface area contributed by atoms with Crippen molar-refractivity contribution in [1.29, 1.82) is 0 Å². The highest BCUT2D eigenvalue weighted by Crippen LogP contribution is 2.24. The van der Waals surface area contributed by atoms with Gasteiger partial charge in [-0.1, -0.05) is 30.3 Å². The Balaban J connectivity index is 0.00000176. The van der Waals surface area contributed by atoms with E-state index in [1.807, 2.05) is 7.11 Å². The van der Waals surface area contributed by atoms with Crippen molar-refractivity contribution in [3.05, 3.63) is 36.4 Å². The molecular formula is C17H24IN3O. The molecule has 1 aliphatic rings. The highest BCUT2D eigenvalue weighted by molar-refractivity contribution is 5.62. The van der Waals surface area contributed by atoms with Crippen molar-refractivity contribution in [3.63, 3.8) is 0 Å². The Bertz CT molecular complexity index is 604. The van der Waals surface area contributed by atoms with Crippen LogP contribution in [0.5, 0.6) is 0 Å². The van der Waals surface area contributed by atoms with Crippen molar-refractivity contribution in [1.82, 2.24) is 4.68 Å². The normalized spacial score (nSPS) is 15.7. The van der Waals surface area contributed by atoms with Gasteiger partial charge in [0.2, 0.25) is 0 Å². The van der Waals surface area contributed by atoms with Gasteiger partial charge in [-0.2, -0.15) is 4.68 Å². The molecule has 0 radical (unpaired) electrons. The smallest absolute Gasteiger partial charge is 0.297 e. The van der Waals surface area contributed by atoms with Crippen molar-refractivity contribution < 1.29 is 33.4 Å². The molecule has 5 heteroatoms. The van der Waals surface area contributed by atoms with Gasteiger partial charge in [-0.3, -0.25) is 4.90 Å². The third-order valence-electron chi connectivity index (χ3n) is 4.56. The number of aromatic nitrogens is 2. The molecule has 0 unspecified atom stereocenters. The number of anilines is 1. The van der Waals surface area contributed by atoms with Crippen LogP contribution in [-0.2, 0) is 18.8 Å². The van der Waals surface area contributed by atoms with Gasteiger partial charge in [0.15, 0.2) is 0 Å². The molecule has 0 atom stereocenters. The van der Waals surface area contributed by atoms with Gasteiger partial charge in [0, 0.05) is 32.6 Å². The number of benzene rings is 1. The number of methoxy groups -OCH3 is 1. The predicted octanol–water partition coefficient (Wildman–Crippen LogP) is -0.864. The van der Waals surface area contributed by atoms with E-state index in [1.165, 1.54) is 17.1 Å². The largest absolute Gasteiger partial charge is 1.00 e. The van der Waals surface area contributed by atoms with Crippen molar-refractivity contribution in [2.75, 3.05) is 25.1 Å². The molecule has 0 amide bonds. The van der Waals surface area contributed by atoms with Crippen LogP contribution in [0.15, 0.2) is 36.4 Å². The first-order chi connectivity index (χ1) is 10.2. The minimum absolute atomic E-state index is 0. The summed E-state index contributed by atoms with van der Waals surface area (Å²) in [6.07, 6.45) is 2.63. The maximum Gasteiger partial charge on any atom is 0.297 e. The molecule has 1 fully saturated rings. The number of rotatable bonds is 3. The first kappa shape index (κ1) is 17.3. The molecule has 2 aromatic rings. The molecule has 0 spiro atoms. The van der Waals surface area contributed by atoms with Gasteiger partial charge in [0.05, 0.1) is 31.0 Å². The van der Waals surface area contributed by atoms with E-state index in [9.17, 15) is 0 Å². The van der Waals surface area contributed by atoms with Crippen LogP contribution in [0.2, 0.25) is 0 Å². The Kier molecular flexibility index (Phi) is 5.86. The van der Waals surface area contributed by atoms with E-state index in [-0.39, 0.29) is 24.0 Å². The molecular weight excluding hydrogens is 389 g/mol. The number of hydrogen-bond donors (Lipinski definition) is 0. The molecule has 0 aliphatic carbocycles. The summed E-state index contributed by atoms with van der Waals surface area (Å²) < 4.78 is 9.91. The molecule has 3 rings (SSSR count). The topological polar surface area (TPSA) is 21.3 Å². The van der Waals surface area contributed by atoms with Crippen LogP contribution in [0.3, 0.4) is 0 Å². The van der Waals surface area contributed by atoms with E-state index in [0.29, 0.717) is 6.10 Å². The van der Waals surface area contributed by atoms with E-state index in [2.05, 4.69) is 64.8 Å². The molecule has 4 nitrogen and oxygen atoms in total. The average Bonchev–Trinajstić information content (AvgIpc) is 2.84. The molecule has 0 bridgehead atoms. The summed E-state index contributed by atoms with van der Waals surface area (Å²) in [6.45, 7) is 2.12. The Morgan fingerprint density at radius 2 is 1.77 bits per heavy atom. The fourth-order valence-electron chi connectivity index (χ4n) is 3.12. The molecule has 120 valence electrons. The monoisotopic (exact) mass is 413 g/mol. The summed E-state index contributed by atoms with van der Waals surface area (Å²) in [5.41, 5.74) is 2.51. The van der Waals surface area contributed by atoms with E-state index < -0.39 is 0 Å². The third kappa shape index (κ3) is 3.30. The van der Waals surface area contributed by atoms with Crippen LogP contribution < -0.4 is 33.6 Å². The molecule has 1 aromatic carbocycles. The Labute approximate surface area is 149 Å². The highest BCUT2D eigenvalue weighted by Gasteiger charge is 2.28. The second-order valence-electron chi connectivity index (χ2n) is 5.72. The molecule has 0 N–H and O–H groups in total. The number of halogens is 1. The summed E-state index contributed by atoms with van der Waals surface area (Å²) in [5.74, 6) is 1.28. The predicted molar refractivity (Wildman–Crippen MR) is 84.3 cm³/mol. The van der Waals surface area contributed by atoms with E-state index in [4.69, 9.17) is 4.74 Å². The van der Waals surface area contributed by atoms with Gasteiger partial charge in [0.1, 0.15) is 7.05 Å². The van der Waals surface area contributed by atoms with Gasteiger partial charge in [-0.05, 0) is 0 Å². The van der Waals surface area contributed by atoms with Gasteiger partial charge >= 0.3 is 0 Å². The third-order valence-corrected chi connectivity index (χ3v) is 4.56. The van der Waals surface area contributed by atoms with Gasteiger partial charge < -0.3 is 28.7 Å². The minimum atomic E-state index is 0. The Morgan fingerprint density at radius 1 is 1.14 bits per heavy atom. The summed E-state index contributed by atoms with van der Waals surface area (Å²) in [4.78, 5) is 2.46. The zero-order chi connectivity index (χ0) is 14.8. The second kappa shape index (κ2) is 7.46. The maximum atomic E-state index is 5.47. The first-order valence-corrected chi connectivity index (χ1v) is 7.60. The van der Waals surface area contributed by atoms with Crippen LogP contribution in [0.25, 0.3) is 11.3 Å². The van der Waals surface area contributed by atoms with Crippen molar-refractivity contribution in [2.45, 2.75) is 18.9 Å². The standard InChI is InChI=1S/C17H24N3O.HI/c1-18-16(14-7-5-4-6-8-14)13-17(19(18)2)20-11-9-15(21-3)10-12-20;/h4-8,13,15H,9-12H2,1-3H3;1H/q+1;/p-1. The zero-order valence-electron chi connectivity index (χ0n) is 13.5. The highest BCUT2D eigenvalue weighted by atomic mass is 127. The summed E-state index contributed by atoms with van der Waals surface area (Å²) >= 11 is 0. The van der Waals surface area contributed by atoms with Crippen LogP contribution in [-0.4, -0.2) is 31.0 Å². The molecule has 22 heavy (non-hydrogen) atoms. The Hall–Kier alpha value is -1.08. The first-order valence-electron chi connectivity index (χ1n) is 7.60. The van der Waals surface area contributed by atoms with Crippen molar-refractivity contribution in [2.24, 2.45) is 14.1 Å².